The maximum absolute atomic E-state index is 12.5. The van der Waals surface area contributed by atoms with Gasteiger partial charge in [0.25, 0.3) is 5.91 Å². The van der Waals surface area contributed by atoms with Crippen LogP contribution in [0.1, 0.15) is 29.6 Å². The topological polar surface area (TPSA) is 69.7 Å². The van der Waals surface area contributed by atoms with Crippen LogP contribution in [0.4, 0.5) is 5.69 Å². The number of carbonyl (C=O) groups is 1. The van der Waals surface area contributed by atoms with E-state index in [0.717, 1.165) is 12.3 Å². The van der Waals surface area contributed by atoms with Gasteiger partial charge in [-0.1, -0.05) is 24.4 Å². The summed E-state index contributed by atoms with van der Waals surface area (Å²) in [4.78, 5) is 16.4. The van der Waals surface area contributed by atoms with Gasteiger partial charge in [0.15, 0.2) is 11.5 Å². The number of nitrogens with one attached hydrogen (secondary N) is 1. The Balaban J connectivity index is 1.69. The maximum atomic E-state index is 12.5. The van der Waals surface area contributed by atoms with E-state index >= 15 is 0 Å². The van der Waals surface area contributed by atoms with Crippen LogP contribution in [0.25, 0.3) is 0 Å². The molecule has 26 heavy (non-hydrogen) atoms. The van der Waals surface area contributed by atoms with Crippen LogP contribution in [-0.4, -0.2) is 31.7 Å². The van der Waals surface area contributed by atoms with Crippen molar-refractivity contribution in [2.75, 3.05) is 26.1 Å². The van der Waals surface area contributed by atoms with E-state index in [9.17, 15) is 4.79 Å². The van der Waals surface area contributed by atoms with Crippen molar-refractivity contribution < 1.29 is 19.0 Å². The number of carbonyl (C=O) groups excluding carboxylic acids is 1. The molecule has 3 rings (SSSR count). The van der Waals surface area contributed by atoms with Gasteiger partial charge in [0.2, 0.25) is 0 Å². The number of pyridine rings is 1. The Morgan fingerprint density at radius 1 is 1.19 bits per heavy atom. The van der Waals surface area contributed by atoms with Gasteiger partial charge in [0.1, 0.15) is 16.5 Å². The second-order valence-electron chi connectivity index (χ2n) is 6.11. The zero-order valence-electron chi connectivity index (χ0n) is 14.8. The summed E-state index contributed by atoms with van der Waals surface area (Å²) in [6.45, 7) is 0.667. The molecule has 1 aliphatic rings. The SMILES string of the molecule is COc1cc(NC(=O)c2cnc(Cl)cc2OC)ccc1OCCC1CC1. The van der Waals surface area contributed by atoms with Crippen molar-refractivity contribution in [3.63, 3.8) is 0 Å². The summed E-state index contributed by atoms with van der Waals surface area (Å²) in [5.41, 5.74) is 0.874. The predicted molar refractivity (Wildman–Crippen MR) is 99.6 cm³/mol. The number of amides is 1. The van der Waals surface area contributed by atoms with Gasteiger partial charge < -0.3 is 19.5 Å². The molecular formula is C19H21ClN2O4. The Hall–Kier alpha value is -2.47. The molecule has 0 aliphatic heterocycles. The van der Waals surface area contributed by atoms with Crippen LogP contribution < -0.4 is 19.5 Å². The molecule has 1 aromatic heterocycles. The first-order valence-corrected chi connectivity index (χ1v) is 8.80. The van der Waals surface area contributed by atoms with Crippen LogP contribution in [0.2, 0.25) is 5.15 Å². The molecule has 0 bridgehead atoms. The minimum Gasteiger partial charge on any atom is -0.496 e. The van der Waals surface area contributed by atoms with Crippen LogP contribution in [0.5, 0.6) is 17.2 Å². The third kappa shape index (κ3) is 4.58. The van der Waals surface area contributed by atoms with Crippen LogP contribution in [0.3, 0.4) is 0 Å². The molecule has 6 nitrogen and oxygen atoms in total. The smallest absolute Gasteiger partial charge is 0.261 e. The van der Waals surface area contributed by atoms with Gasteiger partial charge in [-0.15, -0.1) is 0 Å². The first-order chi connectivity index (χ1) is 12.6. The lowest BCUT2D eigenvalue weighted by atomic mass is 10.2. The molecule has 0 unspecified atom stereocenters. The van der Waals surface area contributed by atoms with E-state index in [2.05, 4.69) is 10.3 Å². The molecule has 1 heterocycles. The Bertz CT molecular complexity index is 793. The molecule has 1 N–H and O–H groups in total. The van der Waals surface area contributed by atoms with Crippen molar-refractivity contribution in [2.45, 2.75) is 19.3 Å². The number of rotatable bonds is 8. The van der Waals surface area contributed by atoms with Gasteiger partial charge in [-0.25, -0.2) is 4.98 Å². The van der Waals surface area contributed by atoms with Gasteiger partial charge in [0, 0.05) is 24.0 Å². The largest absolute Gasteiger partial charge is 0.496 e. The molecule has 0 radical (unpaired) electrons. The third-order valence-corrected chi connectivity index (χ3v) is 4.41. The first-order valence-electron chi connectivity index (χ1n) is 8.42. The zero-order valence-corrected chi connectivity index (χ0v) is 15.5. The summed E-state index contributed by atoms with van der Waals surface area (Å²) < 4.78 is 16.4. The number of methoxy groups -OCH3 is 2. The fourth-order valence-corrected chi connectivity index (χ4v) is 2.71. The number of nitrogens with zero attached hydrogens (tertiary/aromatic N) is 1. The van der Waals surface area contributed by atoms with Gasteiger partial charge in [-0.2, -0.15) is 0 Å². The van der Waals surface area contributed by atoms with Crippen LogP contribution >= 0.6 is 11.6 Å². The van der Waals surface area contributed by atoms with E-state index in [1.807, 2.05) is 0 Å². The van der Waals surface area contributed by atoms with Crippen LogP contribution in [0.15, 0.2) is 30.5 Å². The molecule has 1 amide bonds. The predicted octanol–water partition coefficient (Wildman–Crippen LogP) is 4.18. The standard InChI is InChI=1S/C19H21ClN2O4/c1-24-16-10-18(20)21-11-14(16)19(23)22-13-5-6-15(17(9-13)25-2)26-8-7-12-3-4-12/h5-6,9-12H,3-4,7-8H2,1-2H3,(H,22,23). The molecule has 2 aromatic rings. The van der Waals surface area contributed by atoms with E-state index in [4.69, 9.17) is 25.8 Å². The van der Waals surface area contributed by atoms with E-state index in [0.29, 0.717) is 35.1 Å². The number of benzene rings is 1. The summed E-state index contributed by atoms with van der Waals surface area (Å²) in [6, 6.07) is 6.77. The number of ether oxygens (including phenoxy) is 3. The van der Waals surface area contributed by atoms with Gasteiger partial charge in [-0.3, -0.25) is 4.79 Å². The quantitative estimate of drug-likeness (QED) is 0.700. The number of hydrogen-bond acceptors (Lipinski definition) is 5. The Morgan fingerprint density at radius 3 is 2.65 bits per heavy atom. The van der Waals surface area contributed by atoms with E-state index in [1.165, 1.54) is 32.2 Å². The number of hydrogen-bond donors (Lipinski definition) is 1. The number of halogens is 1. The summed E-state index contributed by atoms with van der Waals surface area (Å²) in [7, 11) is 3.04. The fourth-order valence-electron chi connectivity index (χ4n) is 2.56. The summed E-state index contributed by atoms with van der Waals surface area (Å²) in [5.74, 6) is 2.05. The van der Waals surface area contributed by atoms with Gasteiger partial charge >= 0.3 is 0 Å². The highest BCUT2D eigenvalue weighted by molar-refractivity contribution is 6.29. The van der Waals surface area contributed by atoms with Crippen LogP contribution in [-0.2, 0) is 0 Å². The average Bonchev–Trinajstić information content (AvgIpc) is 3.46. The summed E-state index contributed by atoms with van der Waals surface area (Å²) in [6.07, 6.45) is 5.04. The highest BCUT2D eigenvalue weighted by Crippen LogP contribution is 2.34. The number of anilines is 1. The molecule has 138 valence electrons. The van der Waals surface area contributed by atoms with Crippen molar-refractivity contribution in [3.8, 4) is 17.2 Å². The fraction of sp³-hybridized carbons (Fsp3) is 0.368. The molecular weight excluding hydrogens is 356 g/mol. The van der Waals surface area contributed by atoms with Crippen molar-refractivity contribution in [2.24, 2.45) is 5.92 Å². The molecule has 1 aliphatic carbocycles. The van der Waals surface area contributed by atoms with E-state index in [1.54, 1.807) is 25.3 Å². The van der Waals surface area contributed by atoms with Crippen molar-refractivity contribution in [1.82, 2.24) is 4.98 Å². The minimum absolute atomic E-state index is 0.257. The molecule has 1 fully saturated rings. The van der Waals surface area contributed by atoms with Crippen molar-refractivity contribution in [1.29, 1.82) is 0 Å². The Morgan fingerprint density at radius 2 is 1.96 bits per heavy atom. The van der Waals surface area contributed by atoms with Crippen molar-refractivity contribution in [3.05, 3.63) is 41.2 Å². The second kappa shape index (κ2) is 8.27. The lowest BCUT2D eigenvalue weighted by Gasteiger charge is -2.13. The van der Waals surface area contributed by atoms with E-state index in [-0.39, 0.29) is 11.1 Å². The monoisotopic (exact) mass is 376 g/mol. The normalized spacial score (nSPS) is 13.2. The number of aromatic nitrogens is 1. The third-order valence-electron chi connectivity index (χ3n) is 4.20. The molecule has 0 spiro atoms. The van der Waals surface area contributed by atoms with Crippen LogP contribution in [0, 0.1) is 5.92 Å². The molecule has 1 aromatic carbocycles. The summed E-state index contributed by atoms with van der Waals surface area (Å²) in [5, 5.41) is 3.06. The lowest BCUT2D eigenvalue weighted by Crippen LogP contribution is -2.13. The molecule has 1 saturated carbocycles. The summed E-state index contributed by atoms with van der Waals surface area (Å²) >= 11 is 5.83. The molecule has 7 heteroatoms. The van der Waals surface area contributed by atoms with E-state index < -0.39 is 0 Å². The zero-order chi connectivity index (χ0) is 18.5. The minimum atomic E-state index is -0.351. The highest BCUT2D eigenvalue weighted by Gasteiger charge is 2.21. The maximum Gasteiger partial charge on any atom is 0.261 e. The van der Waals surface area contributed by atoms with Crippen molar-refractivity contribution >= 4 is 23.2 Å². The molecule has 0 atom stereocenters. The highest BCUT2D eigenvalue weighted by atomic mass is 35.5. The average molecular weight is 377 g/mol. The lowest BCUT2D eigenvalue weighted by molar-refractivity contribution is 0.102. The Labute approximate surface area is 157 Å². The van der Waals surface area contributed by atoms with Gasteiger partial charge in [0.05, 0.1) is 20.8 Å². The second-order valence-corrected chi connectivity index (χ2v) is 6.49. The molecule has 0 saturated heterocycles. The van der Waals surface area contributed by atoms with Gasteiger partial charge in [-0.05, 0) is 24.5 Å². The first kappa shape index (κ1) is 18.3. The Kier molecular flexibility index (Phi) is 5.83.